The van der Waals surface area contributed by atoms with E-state index in [1.165, 1.54) is 0 Å². The van der Waals surface area contributed by atoms with Gasteiger partial charge in [0, 0.05) is 26.3 Å². The zero-order valence-electron chi connectivity index (χ0n) is 10.1. The zero-order valence-corrected chi connectivity index (χ0v) is 10.1. The fourth-order valence-electron chi connectivity index (χ4n) is 1.55. The van der Waals surface area contributed by atoms with Gasteiger partial charge in [0.25, 0.3) is 0 Å². The fourth-order valence-corrected chi connectivity index (χ4v) is 1.55. The lowest BCUT2D eigenvalue weighted by atomic mass is 10.0. The summed E-state index contributed by atoms with van der Waals surface area (Å²) in [5.41, 5.74) is 12.2. The maximum atomic E-state index is 11.8. The van der Waals surface area contributed by atoms with Crippen molar-refractivity contribution in [3.63, 3.8) is 0 Å². The molecule has 0 saturated heterocycles. The standard InChI is InChI=1S/C12H19N3O2/c1-17-6-2-3-10(13)11(16)7-9-4-5-15-12(14)8-9/h4-5,8,10H,2-3,6-7,13H2,1H3,(H2,14,15). The summed E-state index contributed by atoms with van der Waals surface area (Å²) in [4.78, 5) is 15.7. The number of rotatable bonds is 7. The highest BCUT2D eigenvalue weighted by atomic mass is 16.5. The lowest BCUT2D eigenvalue weighted by molar-refractivity contribution is -0.119. The SMILES string of the molecule is COCCCC(N)C(=O)Cc1ccnc(N)c1. The molecule has 0 fully saturated rings. The van der Waals surface area contributed by atoms with Gasteiger partial charge in [0.05, 0.1) is 6.04 Å². The number of aromatic nitrogens is 1. The third kappa shape index (κ3) is 4.93. The van der Waals surface area contributed by atoms with E-state index >= 15 is 0 Å². The second kappa shape index (κ2) is 6.98. The maximum Gasteiger partial charge on any atom is 0.153 e. The molecule has 0 radical (unpaired) electrons. The average Bonchev–Trinajstić information content (AvgIpc) is 2.29. The third-order valence-corrected chi connectivity index (χ3v) is 2.50. The minimum Gasteiger partial charge on any atom is -0.385 e. The molecule has 1 aromatic rings. The largest absolute Gasteiger partial charge is 0.385 e. The molecular formula is C12H19N3O2. The molecule has 1 rings (SSSR count). The Morgan fingerprint density at radius 3 is 3.00 bits per heavy atom. The summed E-state index contributed by atoms with van der Waals surface area (Å²) in [5.74, 6) is 0.440. The molecule has 0 aliphatic rings. The Morgan fingerprint density at radius 1 is 1.59 bits per heavy atom. The van der Waals surface area contributed by atoms with Crippen LogP contribution >= 0.6 is 0 Å². The Kier molecular flexibility index (Phi) is 5.59. The molecule has 0 aliphatic carbocycles. The van der Waals surface area contributed by atoms with Crippen molar-refractivity contribution in [2.24, 2.45) is 5.73 Å². The smallest absolute Gasteiger partial charge is 0.153 e. The first-order valence-electron chi connectivity index (χ1n) is 5.61. The highest BCUT2D eigenvalue weighted by molar-refractivity contribution is 5.85. The Hall–Kier alpha value is -1.46. The number of carbonyl (C=O) groups excluding carboxylic acids is 1. The van der Waals surface area contributed by atoms with Crippen LogP contribution in [-0.2, 0) is 16.0 Å². The van der Waals surface area contributed by atoms with E-state index in [0.717, 1.165) is 12.0 Å². The van der Waals surface area contributed by atoms with Gasteiger partial charge < -0.3 is 16.2 Å². The molecule has 0 saturated carbocycles. The van der Waals surface area contributed by atoms with Crippen LogP contribution in [0.15, 0.2) is 18.3 Å². The summed E-state index contributed by atoms with van der Waals surface area (Å²) < 4.78 is 4.91. The quantitative estimate of drug-likeness (QED) is 0.675. The topological polar surface area (TPSA) is 91.2 Å². The van der Waals surface area contributed by atoms with Gasteiger partial charge in [-0.2, -0.15) is 0 Å². The first-order valence-corrected chi connectivity index (χ1v) is 5.61. The molecule has 4 N–H and O–H groups in total. The molecule has 0 bridgehead atoms. The van der Waals surface area contributed by atoms with Crippen LogP contribution in [0.4, 0.5) is 5.82 Å². The van der Waals surface area contributed by atoms with Crippen molar-refractivity contribution in [3.8, 4) is 0 Å². The van der Waals surface area contributed by atoms with Crippen LogP contribution in [-0.4, -0.2) is 30.5 Å². The number of pyridine rings is 1. The molecule has 5 heteroatoms. The van der Waals surface area contributed by atoms with Crippen LogP contribution < -0.4 is 11.5 Å². The van der Waals surface area contributed by atoms with Gasteiger partial charge in [-0.15, -0.1) is 0 Å². The number of anilines is 1. The van der Waals surface area contributed by atoms with E-state index in [1.807, 2.05) is 0 Å². The molecule has 1 atom stereocenters. The van der Waals surface area contributed by atoms with Crippen molar-refractivity contribution in [2.75, 3.05) is 19.5 Å². The highest BCUT2D eigenvalue weighted by Gasteiger charge is 2.13. The van der Waals surface area contributed by atoms with E-state index in [9.17, 15) is 4.79 Å². The summed E-state index contributed by atoms with van der Waals surface area (Å²) in [7, 11) is 1.63. The number of hydrogen-bond acceptors (Lipinski definition) is 5. The average molecular weight is 237 g/mol. The van der Waals surface area contributed by atoms with Crippen LogP contribution in [0.1, 0.15) is 18.4 Å². The fraction of sp³-hybridized carbons (Fsp3) is 0.500. The number of nitrogens with zero attached hydrogens (tertiary/aromatic N) is 1. The van der Waals surface area contributed by atoms with Gasteiger partial charge in [-0.25, -0.2) is 4.98 Å². The van der Waals surface area contributed by atoms with Crippen molar-refractivity contribution < 1.29 is 9.53 Å². The predicted molar refractivity (Wildman–Crippen MR) is 66.4 cm³/mol. The van der Waals surface area contributed by atoms with Gasteiger partial charge in [-0.1, -0.05) is 0 Å². The number of hydrogen-bond donors (Lipinski definition) is 2. The second-order valence-corrected chi connectivity index (χ2v) is 3.97. The van der Waals surface area contributed by atoms with Gasteiger partial charge in [0.2, 0.25) is 0 Å². The van der Waals surface area contributed by atoms with Gasteiger partial charge >= 0.3 is 0 Å². The normalized spacial score (nSPS) is 12.4. The number of ether oxygens (including phenoxy) is 1. The number of Topliss-reactive ketones (excluding diaryl/α,β-unsaturated/α-hetero) is 1. The lowest BCUT2D eigenvalue weighted by Gasteiger charge is -2.10. The van der Waals surface area contributed by atoms with Crippen LogP contribution in [0.25, 0.3) is 0 Å². The molecule has 0 aromatic carbocycles. The number of nitrogen functional groups attached to an aromatic ring is 1. The lowest BCUT2D eigenvalue weighted by Crippen LogP contribution is -2.32. The molecule has 17 heavy (non-hydrogen) atoms. The molecule has 1 aromatic heterocycles. The minimum atomic E-state index is -0.431. The van der Waals surface area contributed by atoms with Crippen molar-refractivity contribution in [3.05, 3.63) is 23.9 Å². The van der Waals surface area contributed by atoms with Crippen molar-refractivity contribution in [2.45, 2.75) is 25.3 Å². The van der Waals surface area contributed by atoms with Crippen LogP contribution in [0.5, 0.6) is 0 Å². The van der Waals surface area contributed by atoms with Crippen molar-refractivity contribution >= 4 is 11.6 Å². The molecule has 0 amide bonds. The van der Waals surface area contributed by atoms with Gasteiger partial charge in [-0.05, 0) is 30.5 Å². The predicted octanol–water partition coefficient (Wildman–Crippen LogP) is 0.529. The molecule has 94 valence electrons. The summed E-state index contributed by atoms with van der Waals surface area (Å²) >= 11 is 0. The van der Waals surface area contributed by atoms with Crippen LogP contribution in [0, 0.1) is 0 Å². The molecular weight excluding hydrogens is 218 g/mol. The molecule has 0 aliphatic heterocycles. The summed E-state index contributed by atoms with van der Waals surface area (Å²) in [6, 6.07) is 3.04. The first kappa shape index (κ1) is 13.6. The summed E-state index contributed by atoms with van der Waals surface area (Å²) in [6.45, 7) is 0.628. The molecule has 1 heterocycles. The molecule has 5 nitrogen and oxygen atoms in total. The number of methoxy groups -OCH3 is 1. The first-order chi connectivity index (χ1) is 8.13. The Bertz CT molecular complexity index is 369. The van der Waals surface area contributed by atoms with E-state index in [0.29, 0.717) is 25.3 Å². The molecule has 1 unspecified atom stereocenters. The van der Waals surface area contributed by atoms with Crippen LogP contribution in [0.3, 0.4) is 0 Å². The zero-order chi connectivity index (χ0) is 12.7. The number of ketones is 1. The number of nitrogens with two attached hydrogens (primary N) is 2. The van der Waals surface area contributed by atoms with Crippen molar-refractivity contribution in [1.29, 1.82) is 0 Å². The van der Waals surface area contributed by atoms with Crippen LogP contribution in [0.2, 0.25) is 0 Å². The second-order valence-electron chi connectivity index (χ2n) is 3.97. The Morgan fingerprint density at radius 2 is 2.35 bits per heavy atom. The van der Waals surface area contributed by atoms with E-state index in [4.69, 9.17) is 16.2 Å². The van der Waals surface area contributed by atoms with E-state index in [2.05, 4.69) is 4.98 Å². The number of carbonyl (C=O) groups is 1. The van der Waals surface area contributed by atoms with E-state index in [1.54, 1.807) is 25.4 Å². The summed E-state index contributed by atoms with van der Waals surface area (Å²) in [5, 5.41) is 0. The van der Waals surface area contributed by atoms with Gasteiger partial charge in [0.15, 0.2) is 5.78 Å². The molecule has 0 spiro atoms. The highest BCUT2D eigenvalue weighted by Crippen LogP contribution is 2.07. The summed E-state index contributed by atoms with van der Waals surface area (Å²) in [6.07, 6.45) is 3.34. The maximum absolute atomic E-state index is 11.8. The van der Waals surface area contributed by atoms with Gasteiger partial charge in [-0.3, -0.25) is 4.79 Å². The minimum absolute atomic E-state index is 0.0201. The monoisotopic (exact) mass is 237 g/mol. The van der Waals surface area contributed by atoms with Crippen molar-refractivity contribution in [1.82, 2.24) is 4.98 Å². The van der Waals surface area contributed by atoms with E-state index in [-0.39, 0.29) is 5.78 Å². The Balaban J connectivity index is 2.43. The third-order valence-electron chi connectivity index (χ3n) is 2.50. The Labute approximate surface area is 101 Å². The van der Waals surface area contributed by atoms with Gasteiger partial charge in [0.1, 0.15) is 5.82 Å². The van der Waals surface area contributed by atoms with E-state index < -0.39 is 6.04 Å².